The van der Waals surface area contributed by atoms with E-state index in [1.807, 2.05) is 25.9 Å². The number of rotatable bonds is 2. The molecule has 22 heavy (non-hydrogen) atoms. The molecule has 0 aromatic carbocycles. The van der Waals surface area contributed by atoms with Gasteiger partial charge >= 0.3 is 6.18 Å². The third-order valence-electron chi connectivity index (χ3n) is 3.01. The summed E-state index contributed by atoms with van der Waals surface area (Å²) in [5.74, 6) is -0.756. The van der Waals surface area contributed by atoms with E-state index in [-0.39, 0.29) is 16.9 Å². The fourth-order valence-electron chi connectivity index (χ4n) is 2.02. The molecule has 0 aliphatic heterocycles. The Morgan fingerprint density at radius 2 is 1.95 bits per heavy atom. The predicted octanol–water partition coefficient (Wildman–Crippen LogP) is 2.94. The normalized spacial score (nSPS) is 12.5. The Morgan fingerprint density at radius 3 is 2.41 bits per heavy atom. The van der Waals surface area contributed by atoms with Gasteiger partial charge in [-0.15, -0.1) is 0 Å². The lowest BCUT2D eigenvalue weighted by Crippen LogP contribution is -2.25. The maximum atomic E-state index is 12.5. The number of amides is 1. The van der Waals surface area contributed by atoms with Crippen LogP contribution >= 0.6 is 0 Å². The first-order valence-corrected chi connectivity index (χ1v) is 6.49. The topological polar surface area (TPSA) is 75.6 Å². The zero-order valence-corrected chi connectivity index (χ0v) is 12.5. The first kappa shape index (κ1) is 16.1. The number of hydrogen-bond donors (Lipinski definition) is 2. The van der Waals surface area contributed by atoms with Gasteiger partial charge < -0.3 is 5.32 Å². The van der Waals surface area contributed by atoms with Gasteiger partial charge in [0.25, 0.3) is 5.91 Å². The summed E-state index contributed by atoms with van der Waals surface area (Å²) in [5.41, 5.74) is -0.425. The van der Waals surface area contributed by atoms with E-state index in [9.17, 15) is 18.0 Å². The highest BCUT2D eigenvalue weighted by atomic mass is 19.4. The summed E-state index contributed by atoms with van der Waals surface area (Å²) in [7, 11) is 0. The predicted molar refractivity (Wildman–Crippen MR) is 73.5 cm³/mol. The number of H-pyrrole nitrogens is 1. The second kappa shape index (κ2) is 5.15. The van der Waals surface area contributed by atoms with Crippen molar-refractivity contribution >= 4 is 11.7 Å². The van der Waals surface area contributed by atoms with Crippen LogP contribution in [0.4, 0.5) is 19.0 Å². The van der Waals surface area contributed by atoms with Crippen molar-refractivity contribution in [1.29, 1.82) is 0 Å². The molecule has 0 aliphatic carbocycles. The van der Waals surface area contributed by atoms with Gasteiger partial charge in [-0.05, 0) is 27.7 Å². The van der Waals surface area contributed by atoms with Crippen LogP contribution in [0.3, 0.4) is 0 Å². The van der Waals surface area contributed by atoms with Gasteiger partial charge in [-0.1, -0.05) is 0 Å². The van der Waals surface area contributed by atoms with Crippen molar-refractivity contribution in [1.82, 2.24) is 20.0 Å². The molecule has 9 heteroatoms. The first-order valence-electron chi connectivity index (χ1n) is 6.49. The molecule has 0 atom stereocenters. The number of hydrogen-bond acceptors (Lipinski definition) is 3. The minimum Gasteiger partial charge on any atom is -0.305 e. The Balaban J connectivity index is 2.20. The maximum Gasteiger partial charge on any atom is 0.432 e. The molecule has 0 aliphatic rings. The zero-order valence-electron chi connectivity index (χ0n) is 12.5. The minimum atomic E-state index is -4.54. The molecular formula is C13H16F3N5O. The molecule has 0 unspecified atom stereocenters. The van der Waals surface area contributed by atoms with Crippen molar-refractivity contribution < 1.29 is 18.0 Å². The summed E-state index contributed by atoms with van der Waals surface area (Å²) in [6.45, 7) is 7.51. The third kappa shape index (κ3) is 3.12. The van der Waals surface area contributed by atoms with Crippen LogP contribution in [0.2, 0.25) is 0 Å². The monoisotopic (exact) mass is 315 g/mol. The Kier molecular flexibility index (Phi) is 3.76. The number of carbonyl (C=O) groups excluding carboxylic acids is 1. The van der Waals surface area contributed by atoms with Crippen LogP contribution in [0.15, 0.2) is 12.3 Å². The molecule has 2 rings (SSSR count). The van der Waals surface area contributed by atoms with Gasteiger partial charge in [0.2, 0.25) is 0 Å². The molecular weight excluding hydrogens is 299 g/mol. The molecule has 0 saturated carbocycles. The second-order valence-corrected chi connectivity index (χ2v) is 5.85. The lowest BCUT2D eigenvalue weighted by Gasteiger charge is -2.21. The van der Waals surface area contributed by atoms with Crippen LogP contribution in [0.1, 0.15) is 42.5 Å². The van der Waals surface area contributed by atoms with Gasteiger partial charge in [-0.3, -0.25) is 14.6 Å². The number of aromatic amines is 1. The molecule has 2 N–H and O–H groups in total. The molecule has 6 nitrogen and oxygen atoms in total. The SMILES string of the molecule is Cc1c(C(=O)Nc2cc(C(F)(F)F)[nH]n2)cnn1C(C)(C)C. The summed E-state index contributed by atoms with van der Waals surface area (Å²) >= 11 is 0. The van der Waals surface area contributed by atoms with Gasteiger partial charge in [0.05, 0.1) is 17.3 Å². The Morgan fingerprint density at radius 1 is 1.32 bits per heavy atom. The summed E-state index contributed by atoms with van der Waals surface area (Å²) < 4.78 is 39.1. The van der Waals surface area contributed by atoms with E-state index in [2.05, 4.69) is 15.5 Å². The molecule has 0 spiro atoms. The van der Waals surface area contributed by atoms with E-state index in [1.54, 1.807) is 11.6 Å². The van der Waals surface area contributed by atoms with Crippen LogP contribution < -0.4 is 5.32 Å². The van der Waals surface area contributed by atoms with Crippen molar-refractivity contribution in [3.63, 3.8) is 0 Å². The van der Waals surface area contributed by atoms with E-state index in [1.165, 1.54) is 6.20 Å². The van der Waals surface area contributed by atoms with Gasteiger partial charge in [0.15, 0.2) is 5.82 Å². The molecule has 120 valence electrons. The summed E-state index contributed by atoms with van der Waals surface area (Å²) in [6, 6.07) is 0.738. The lowest BCUT2D eigenvalue weighted by molar-refractivity contribution is -0.141. The average Bonchev–Trinajstić information content (AvgIpc) is 2.93. The van der Waals surface area contributed by atoms with Crippen molar-refractivity contribution in [2.24, 2.45) is 0 Å². The standard InChI is InChI=1S/C13H16F3N5O/c1-7-8(6-17-21(7)12(2,3)4)11(22)18-10-5-9(19-20-10)13(14,15)16/h5-6H,1-4H3,(H2,18,19,20,22). The van der Waals surface area contributed by atoms with Crippen LogP contribution in [0, 0.1) is 6.92 Å². The Bertz CT molecular complexity index is 693. The van der Waals surface area contributed by atoms with Gasteiger partial charge in [0.1, 0.15) is 5.69 Å². The highest BCUT2D eigenvalue weighted by Gasteiger charge is 2.33. The van der Waals surface area contributed by atoms with Gasteiger partial charge in [-0.2, -0.15) is 23.4 Å². The molecule has 1 amide bonds. The van der Waals surface area contributed by atoms with E-state index in [4.69, 9.17) is 0 Å². The highest BCUT2D eigenvalue weighted by molar-refractivity contribution is 6.04. The number of carbonyl (C=O) groups is 1. The number of alkyl halides is 3. The smallest absolute Gasteiger partial charge is 0.305 e. The maximum absolute atomic E-state index is 12.5. The number of nitrogens with zero attached hydrogens (tertiary/aromatic N) is 3. The van der Waals surface area contributed by atoms with Crippen LogP contribution in [-0.2, 0) is 11.7 Å². The van der Waals surface area contributed by atoms with Crippen molar-refractivity contribution in [2.45, 2.75) is 39.4 Å². The summed E-state index contributed by atoms with van der Waals surface area (Å²) in [6.07, 6.45) is -3.16. The number of halogens is 3. The quantitative estimate of drug-likeness (QED) is 0.894. The fourth-order valence-corrected chi connectivity index (χ4v) is 2.02. The van der Waals surface area contributed by atoms with Crippen LogP contribution in [0.5, 0.6) is 0 Å². The summed E-state index contributed by atoms with van der Waals surface area (Å²) in [5, 5.41) is 11.7. The van der Waals surface area contributed by atoms with E-state index in [0.29, 0.717) is 5.69 Å². The third-order valence-corrected chi connectivity index (χ3v) is 3.01. The molecule has 2 aromatic heterocycles. The zero-order chi connectivity index (χ0) is 16.7. The van der Waals surface area contributed by atoms with Crippen molar-refractivity contribution in [2.75, 3.05) is 5.32 Å². The molecule has 2 aromatic rings. The lowest BCUT2D eigenvalue weighted by atomic mass is 10.1. The van der Waals surface area contributed by atoms with Crippen LogP contribution in [-0.4, -0.2) is 25.9 Å². The minimum absolute atomic E-state index is 0.194. The van der Waals surface area contributed by atoms with Crippen molar-refractivity contribution in [3.05, 3.63) is 29.2 Å². The first-order chi connectivity index (χ1) is 10.00. The Hall–Kier alpha value is -2.32. The Labute approximate surface area is 124 Å². The van der Waals surface area contributed by atoms with E-state index in [0.717, 1.165) is 6.07 Å². The molecule has 2 heterocycles. The average molecular weight is 315 g/mol. The van der Waals surface area contributed by atoms with Crippen LogP contribution in [0.25, 0.3) is 0 Å². The van der Waals surface area contributed by atoms with Gasteiger partial charge in [0, 0.05) is 11.8 Å². The second-order valence-electron chi connectivity index (χ2n) is 5.85. The molecule has 0 saturated heterocycles. The molecule has 0 bridgehead atoms. The largest absolute Gasteiger partial charge is 0.432 e. The van der Waals surface area contributed by atoms with E-state index < -0.39 is 17.8 Å². The number of aromatic nitrogens is 4. The molecule has 0 radical (unpaired) electrons. The molecule has 0 fully saturated rings. The number of anilines is 1. The van der Waals surface area contributed by atoms with Crippen molar-refractivity contribution in [3.8, 4) is 0 Å². The van der Waals surface area contributed by atoms with Gasteiger partial charge in [-0.25, -0.2) is 0 Å². The number of nitrogens with one attached hydrogen (secondary N) is 2. The summed E-state index contributed by atoms with van der Waals surface area (Å²) in [4.78, 5) is 12.1. The highest BCUT2D eigenvalue weighted by Crippen LogP contribution is 2.29. The fraction of sp³-hybridized carbons (Fsp3) is 0.462. The van der Waals surface area contributed by atoms with E-state index >= 15 is 0 Å².